The molecular weight excluding hydrogens is 256 g/mol. The number of benzene rings is 1. The molecule has 0 bridgehead atoms. The molecule has 2 heterocycles. The first-order valence-electron chi connectivity index (χ1n) is 6.00. The van der Waals surface area contributed by atoms with Gasteiger partial charge in [0.15, 0.2) is 0 Å². The van der Waals surface area contributed by atoms with Crippen molar-refractivity contribution in [1.82, 2.24) is 14.4 Å². The van der Waals surface area contributed by atoms with Crippen LogP contribution in [0.5, 0.6) is 0 Å². The van der Waals surface area contributed by atoms with E-state index in [0.717, 1.165) is 33.4 Å². The summed E-state index contributed by atoms with van der Waals surface area (Å²) in [6, 6.07) is 7.98. The van der Waals surface area contributed by atoms with Crippen LogP contribution < -0.4 is 5.73 Å². The van der Waals surface area contributed by atoms with Gasteiger partial charge >= 0.3 is 0 Å². The number of hydrogen-bond acceptors (Lipinski definition) is 4. The van der Waals surface area contributed by atoms with Crippen LogP contribution in [0.25, 0.3) is 5.78 Å². The number of aryl methyl sites for hydroxylation is 1. The Morgan fingerprint density at radius 2 is 2.21 bits per heavy atom. The molecule has 2 aromatic heterocycles. The van der Waals surface area contributed by atoms with Crippen LogP contribution >= 0.6 is 11.8 Å². The maximum Gasteiger partial charge on any atom is 0.233 e. The molecular formula is C14H14N4S. The van der Waals surface area contributed by atoms with Crippen LogP contribution in [0.3, 0.4) is 0 Å². The van der Waals surface area contributed by atoms with E-state index >= 15 is 0 Å². The molecule has 5 heteroatoms. The monoisotopic (exact) mass is 270 g/mol. The van der Waals surface area contributed by atoms with Crippen molar-refractivity contribution in [2.24, 2.45) is 0 Å². The summed E-state index contributed by atoms with van der Waals surface area (Å²) < 4.78 is 1.93. The topological polar surface area (TPSA) is 56.2 Å². The first-order valence-corrected chi connectivity index (χ1v) is 6.99. The van der Waals surface area contributed by atoms with Gasteiger partial charge in [-0.25, -0.2) is 9.97 Å². The third-order valence-electron chi connectivity index (χ3n) is 2.95. The molecule has 2 N–H and O–H groups in total. The van der Waals surface area contributed by atoms with Crippen molar-refractivity contribution < 1.29 is 0 Å². The van der Waals surface area contributed by atoms with Crippen molar-refractivity contribution in [3.63, 3.8) is 0 Å². The fourth-order valence-corrected chi connectivity index (χ4v) is 2.81. The molecule has 0 radical (unpaired) electrons. The quantitative estimate of drug-likeness (QED) is 0.587. The molecule has 1 aromatic carbocycles. The minimum Gasteiger partial charge on any atom is -0.398 e. The van der Waals surface area contributed by atoms with Crippen molar-refractivity contribution in [2.75, 3.05) is 5.73 Å². The highest BCUT2D eigenvalue weighted by Crippen LogP contribution is 2.29. The summed E-state index contributed by atoms with van der Waals surface area (Å²) in [4.78, 5) is 9.78. The predicted molar refractivity (Wildman–Crippen MR) is 78.1 cm³/mol. The second-order valence-corrected chi connectivity index (χ2v) is 5.35. The summed E-state index contributed by atoms with van der Waals surface area (Å²) in [6.07, 6.45) is 5.70. The standard InChI is InChI=1S/C14H14N4S/c1-10-4-2-5-12(13(10)15)19-9-11-8-18-7-3-6-16-14(18)17-11/h2-8H,9,15H2,1H3. The second kappa shape index (κ2) is 4.93. The lowest BCUT2D eigenvalue weighted by molar-refractivity contribution is 1.11. The van der Waals surface area contributed by atoms with Gasteiger partial charge in [0, 0.05) is 34.9 Å². The highest BCUT2D eigenvalue weighted by Gasteiger charge is 2.06. The average molecular weight is 270 g/mol. The Balaban J connectivity index is 1.80. The van der Waals surface area contributed by atoms with Gasteiger partial charge in [0.25, 0.3) is 0 Å². The summed E-state index contributed by atoms with van der Waals surface area (Å²) in [5.41, 5.74) is 9.04. The predicted octanol–water partition coefficient (Wildman–Crippen LogP) is 2.91. The fraction of sp³-hybridized carbons (Fsp3) is 0.143. The number of nitrogens with zero attached hydrogens (tertiary/aromatic N) is 3. The molecule has 96 valence electrons. The molecule has 19 heavy (non-hydrogen) atoms. The van der Waals surface area contributed by atoms with Crippen molar-refractivity contribution >= 4 is 23.2 Å². The van der Waals surface area contributed by atoms with Crippen LogP contribution in [0.2, 0.25) is 0 Å². The SMILES string of the molecule is Cc1cccc(SCc2cn3cccnc3n2)c1N. The summed E-state index contributed by atoms with van der Waals surface area (Å²) in [5.74, 6) is 1.52. The third kappa shape index (κ3) is 2.42. The number of thioether (sulfide) groups is 1. The van der Waals surface area contributed by atoms with E-state index in [4.69, 9.17) is 5.73 Å². The highest BCUT2D eigenvalue weighted by molar-refractivity contribution is 7.98. The Bertz CT molecular complexity index is 687. The number of para-hydroxylation sites is 1. The Hall–Kier alpha value is -2.01. The second-order valence-electron chi connectivity index (χ2n) is 4.33. The van der Waals surface area contributed by atoms with Gasteiger partial charge in [-0.3, -0.25) is 4.40 Å². The molecule has 0 spiro atoms. The molecule has 0 fully saturated rings. The van der Waals surface area contributed by atoms with E-state index in [-0.39, 0.29) is 0 Å². The number of aromatic nitrogens is 3. The molecule has 0 unspecified atom stereocenters. The van der Waals surface area contributed by atoms with E-state index in [2.05, 4.69) is 9.97 Å². The maximum absolute atomic E-state index is 6.06. The molecule has 0 atom stereocenters. The van der Waals surface area contributed by atoms with Gasteiger partial charge in [-0.1, -0.05) is 12.1 Å². The Kier molecular flexibility index (Phi) is 3.13. The lowest BCUT2D eigenvalue weighted by atomic mass is 10.2. The average Bonchev–Trinajstić information content (AvgIpc) is 2.83. The van der Waals surface area contributed by atoms with Gasteiger partial charge in [-0.15, -0.1) is 11.8 Å². The van der Waals surface area contributed by atoms with E-state index in [9.17, 15) is 0 Å². The Labute approximate surface area is 115 Å². The van der Waals surface area contributed by atoms with Crippen LogP contribution in [-0.2, 0) is 5.75 Å². The van der Waals surface area contributed by atoms with Crippen LogP contribution in [0.4, 0.5) is 5.69 Å². The number of fused-ring (bicyclic) bond motifs is 1. The normalized spacial score (nSPS) is 11.0. The van der Waals surface area contributed by atoms with E-state index in [1.807, 2.05) is 48.0 Å². The van der Waals surface area contributed by atoms with Gasteiger partial charge in [0.2, 0.25) is 5.78 Å². The molecule has 0 aliphatic heterocycles. The number of rotatable bonds is 3. The van der Waals surface area contributed by atoms with E-state index in [1.54, 1.807) is 18.0 Å². The summed E-state index contributed by atoms with van der Waals surface area (Å²) in [7, 11) is 0. The van der Waals surface area contributed by atoms with E-state index < -0.39 is 0 Å². The molecule has 3 aromatic rings. The minimum absolute atomic E-state index is 0.732. The number of hydrogen-bond donors (Lipinski definition) is 1. The van der Waals surface area contributed by atoms with Gasteiger partial charge < -0.3 is 5.73 Å². The lowest BCUT2D eigenvalue weighted by Gasteiger charge is -2.06. The summed E-state index contributed by atoms with van der Waals surface area (Å²) >= 11 is 1.70. The van der Waals surface area contributed by atoms with Crippen LogP contribution in [0.15, 0.2) is 47.8 Å². The first-order chi connectivity index (χ1) is 9.24. The number of imidazole rings is 1. The summed E-state index contributed by atoms with van der Waals surface area (Å²) in [5, 5.41) is 0. The van der Waals surface area contributed by atoms with Crippen molar-refractivity contribution in [3.8, 4) is 0 Å². The first kappa shape index (κ1) is 12.0. The number of anilines is 1. The third-order valence-corrected chi connectivity index (χ3v) is 4.05. The fourth-order valence-electron chi connectivity index (χ4n) is 1.88. The smallest absolute Gasteiger partial charge is 0.233 e. The van der Waals surface area contributed by atoms with Crippen molar-refractivity contribution in [3.05, 3.63) is 54.1 Å². The molecule has 3 rings (SSSR count). The van der Waals surface area contributed by atoms with Gasteiger partial charge in [-0.2, -0.15) is 0 Å². The maximum atomic E-state index is 6.06. The molecule has 0 saturated heterocycles. The summed E-state index contributed by atoms with van der Waals surface area (Å²) in [6.45, 7) is 2.02. The van der Waals surface area contributed by atoms with Gasteiger partial charge in [0.05, 0.1) is 5.69 Å². The molecule has 0 saturated carbocycles. The molecule has 0 aliphatic carbocycles. The van der Waals surface area contributed by atoms with Gasteiger partial charge in [0.1, 0.15) is 0 Å². The molecule has 0 aliphatic rings. The zero-order valence-corrected chi connectivity index (χ0v) is 11.4. The highest BCUT2D eigenvalue weighted by atomic mass is 32.2. The minimum atomic E-state index is 0.732. The number of nitrogen functional groups attached to an aromatic ring is 1. The Morgan fingerprint density at radius 1 is 1.32 bits per heavy atom. The Morgan fingerprint density at radius 3 is 3.05 bits per heavy atom. The van der Waals surface area contributed by atoms with E-state index in [1.165, 1.54) is 0 Å². The van der Waals surface area contributed by atoms with Crippen LogP contribution in [-0.4, -0.2) is 14.4 Å². The number of nitrogens with two attached hydrogens (primary N) is 1. The molecule has 4 nitrogen and oxygen atoms in total. The molecule has 0 amide bonds. The van der Waals surface area contributed by atoms with Crippen molar-refractivity contribution in [1.29, 1.82) is 0 Å². The zero-order chi connectivity index (χ0) is 13.2. The van der Waals surface area contributed by atoms with Crippen molar-refractivity contribution in [2.45, 2.75) is 17.6 Å². The van der Waals surface area contributed by atoms with Gasteiger partial charge in [-0.05, 0) is 24.6 Å². The van der Waals surface area contributed by atoms with Crippen LogP contribution in [0, 0.1) is 6.92 Å². The largest absolute Gasteiger partial charge is 0.398 e. The zero-order valence-electron chi connectivity index (χ0n) is 10.6. The van der Waals surface area contributed by atoms with E-state index in [0.29, 0.717) is 0 Å². The van der Waals surface area contributed by atoms with Crippen LogP contribution in [0.1, 0.15) is 11.3 Å². The lowest BCUT2D eigenvalue weighted by Crippen LogP contribution is -1.92.